The first kappa shape index (κ1) is 13.1. The summed E-state index contributed by atoms with van der Waals surface area (Å²) in [6.45, 7) is 0. The zero-order valence-corrected chi connectivity index (χ0v) is 10.6. The van der Waals surface area contributed by atoms with Crippen LogP contribution in [0.3, 0.4) is 0 Å². The minimum Gasteiger partial charge on any atom is -0.298 e. The van der Waals surface area contributed by atoms with Gasteiger partial charge in [0, 0.05) is 20.4 Å². The van der Waals surface area contributed by atoms with Gasteiger partial charge in [0.1, 0.15) is 0 Å². The monoisotopic (exact) mass is 284 g/mol. The highest BCUT2D eigenvalue weighted by atomic mass is 35.5. The van der Waals surface area contributed by atoms with Gasteiger partial charge in [0.05, 0.1) is 0 Å². The molecule has 0 unspecified atom stereocenters. The van der Waals surface area contributed by atoms with Crippen molar-refractivity contribution in [2.75, 3.05) is 0 Å². The highest BCUT2D eigenvalue weighted by Crippen LogP contribution is 2.31. The van der Waals surface area contributed by atoms with Crippen molar-refractivity contribution in [2.45, 2.75) is 9.79 Å². The summed E-state index contributed by atoms with van der Waals surface area (Å²) in [7, 11) is 0. The third kappa shape index (κ3) is 2.89. The lowest BCUT2D eigenvalue weighted by Gasteiger charge is -2.05. The fraction of sp³-hybridized carbons (Fsp3) is 0. The number of halogens is 3. The molecule has 0 aliphatic heterocycles. The molecule has 0 heterocycles. The molecule has 0 amide bonds. The molecule has 5 heteroatoms. The second-order valence-electron chi connectivity index (χ2n) is 3.48. The number of rotatable bonds is 3. The second kappa shape index (κ2) is 5.50. The number of hydrogen-bond donors (Lipinski definition) is 0. The second-order valence-corrected chi connectivity index (χ2v) is 5.03. The van der Waals surface area contributed by atoms with Crippen LogP contribution in [-0.2, 0) is 0 Å². The first-order valence-corrected chi connectivity index (χ1v) is 6.17. The molecule has 0 spiro atoms. The first-order valence-electron chi connectivity index (χ1n) is 4.98. The molecule has 18 heavy (non-hydrogen) atoms. The van der Waals surface area contributed by atoms with Crippen LogP contribution in [0.25, 0.3) is 0 Å². The lowest BCUT2D eigenvalue weighted by molar-refractivity contribution is 0.112. The van der Waals surface area contributed by atoms with E-state index in [2.05, 4.69) is 0 Å². The molecule has 0 N–H and O–H groups in total. The van der Waals surface area contributed by atoms with Crippen molar-refractivity contribution >= 4 is 29.6 Å². The maximum atomic E-state index is 13.0. The van der Waals surface area contributed by atoms with Crippen molar-refractivity contribution in [2.24, 2.45) is 0 Å². The van der Waals surface area contributed by atoms with Crippen molar-refractivity contribution in [1.82, 2.24) is 0 Å². The Kier molecular flexibility index (Phi) is 3.99. The van der Waals surface area contributed by atoms with Gasteiger partial charge in [-0.25, -0.2) is 8.78 Å². The lowest BCUT2D eigenvalue weighted by Crippen LogP contribution is -1.87. The molecule has 0 aromatic heterocycles. The van der Waals surface area contributed by atoms with Gasteiger partial charge in [-0.2, -0.15) is 0 Å². The van der Waals surface area contributed by atoms with E-state index in [0.717, 1.165) is 12.1 Å². The smallest absolute Gasteiger partial charge is 0.159 e. The summed E-state index contributed by atoms with van der Waals surface area (Å²) in [4.78, 5) is 12.0. The molecule has 0 saturated carbocycles. The quantitative estimate of drug-likeness (QED) is 0.767. The number of hydrogen-bond acceptors (Lipinski definition) is 2. The van der Waals surface area contributed by atoms with Crippen molar-refractivity contribution in [1.29, 1.82) is 0 Å². The molecule has 0 aliphatic rings. The Morgan fingerprint density at radius 1 is 1.06 bits per heavy atom. The summed E-state index contributed by atoms with van der Waals surface area (Å²) in [5, 5.41) is 0.451. The Morgan fingerprint density at radius 3 is 2.50 bits per heavy atom. The van der Waals surface area contributed by atoms with Crippen LogP contribution in [0.15, 0.2) is 46.2 Å². The van der Waals surface area contributed by atoms with Gasteiger partial charge in [-0.3, -0.25) is 4.79 Å². The van der Waals surface area contributed by atoms with Crippen molar-refractivity contribution < 1.29 is 13.6 Å². The van der Waals surface area contributed by atoms with E-state index in [1.165, 1.54) is 23.9 Å². The maximum absolute atomic E-state index is 13.0. The molecule has 2 aromatic rings. The predicted molar refractivity (Wildman–Crippen MR) is 67.3 cm³/mol. The van der Waals surface area contributed by atoms with Gasteiger partial charge in [0.15, 0.2) is 17.9 Å². The molecular weight excluding hydrogens is 278 g/mol. The number of carbonyl (C=O) groups excluding carboxylic acids is 1. The molecule has 0 atom stereocenters. The first-order chi connectivity index (χ1) is 8.60. The Labute approximate surface area is 112 Å². The third-order valence-corrected chi connectivity index (χ3v) is 3.53. The predicted octanol–water partition coefficient (Wildman–Crippen LogP) is 4.58. The summed E-state index contributed by atoms with van der Waals surface area (Å²) in [6, 6.07) is 8.41. The van der Waals surface area contributed by atoms with E-state index in [1.54, 1.807) is 12.1 Å². The Balaban J connectivity index is 2.33. The van der Waals surface area contributed by atoms with E-state index in [4.69, 9.17) is 11.6 Å². The van der Waals surface area contributed by atoms with E-state index in [-0.39, 0.29) is 0 Å². The molecule has 0 bridgehead atoms. The van der Waals surface area contributed by atoms with Crippen molar-refractivity contribution in [3.63, 3.8) is 0 Å². The lowest BCUT2D eigenvalue weighted by atomic mass is 10.2. The minimum absolute atomic E-state index is 0.414. The van der Waals surface area contributed by atoms with Gasteiger partial charge in [0.2, 0.25) is 0 Å². The van der Waals surface area contributed by atoms with Gasteiger partial charge in [-0.15, -0.1) is 0 Å². The molecule has 0 aliphatic carbocycles. The van der Waals surface area contributed by atoms with Crippen LogP contribution in [-0.4, -0.2) is 6.29 Å². The van der Waals surface area contributed by atoms with E-state index >= 15 is 0 Å². The van der Waals surface area contributed by atoms with Crippen LogP contribution < -0.4 is 0 Å². The average molecular weight is 285 g/mol. The van der Waals surface area contributed by atoms with E-state index in [1.807, 2.05) is 0 Å². The summed E-state index contributed by atoms with van der Waals surface area (Å²) in [5.41, 5.74) is 0.414. The van der Waals surface area contributed by atoms with Gasteiger partial charge >= 0.3 is 0 Å². The molecule has 0 radical (unpaired) electrons. The van der Waals surface area contributed by atoms with Crippen LogP contribution in [0.5, 0.6) is 0 Å². The number of benzene rings is 2. The topological polar surface area (TPSA) is 17.1 Å². The maximum Gasteiger partial charge on any atom is 0.159 e. The molecule has 2 aromatic carbocycles. The fourth-order valence-electron chi connectivity index (χ4n) is 1.37. The highest BCUT2D eigenvalue weighted by molar-refractivity contribution is 7.99. The van der Waals surface area contributed by atoms with Crippen molar-refractivity contribution in [3.8, 4) is 0 Å². The zero-order valence-electron chi connectivity index (χ0n) is 8.99. The summed E-state index contributed by atoms with van der Waals surface area (Å²) < 4.78 is 25.8. The van der Waals surface area contributed by atoms with Crippen LogP contribution in [0, 0.1) is 11.6 Å². The van der Waals surface area contributed by atoms with E-state index < -0.39 is 11.6 Å². The van der Waals surface area contributed by atoms with Gasteiger partial charge < -0.3 is 0 Å². The van der Waals surface area contributed by atoms with Crippen LogP contribution in [0.2, 0.25) is 5.02 Å². The number of carbonyl (C=O) groups is 1. The van der Waals surface area contributed by atoms with E-state index in [9.17, 15) is 13.6 Å². The minimum atomic E-state index is -0.915. The van der Waals surface area contributed by atoms with Gasteiger partial charge in [-0.1, -0.05) is 23.4 Å². The number of aldehydes is 1. The molecule has 2 rings (SSSR count). The van der Waals surface area contributed by atoms with Crippen LogP contribution >= 0.6 is 23.4 Å². The summed E-state index contributed by atoms with van der Waals surface area (Å²) in [6.07, 6.45) is 0.675. The summed E-state index contributed by atoms with van der Waals surface area (Å²) >= 11 is 6.94. The fourth-order valence-corrected chi connectivity index (χ4v) is 2.47. The normalized spacial score (nSPS) is 10.4. The highest BCUT2D eigenvalue weighted by Gasteiger charge is 2.07. The molecule has 0 fully saturated rings. The molecular formula is C13H7ClF2OS. The van der Waals surface area contributed by atoms with E-state index in [0.29, 0.717) is 26.7 Å². The standard InChI is InChI=1S/C13H7ClF2OS/c14-9-1-4-13(8(5-9)7-17)18-10-2-3-11(15)12(16)6-10/h1-7H. The zero-order chi connectivity index (χ0) is 13.1. The Morgan fingerprint density at radius 2 is 1.83 bits per heavy atom. The van der Waals surface area contributed by atoms with Crippen LogP contribution in [0.4, 0.5) is 8.78 Å². The van der Waals surface area contributed by atoms with Gasteiger partial charge in [0.25, 0.3) is 0 Å². The van der Waals surface area contributed by atoms with Crippen molar-refractivity contribution in [3.05, 3.63) is 58.6 Å². The SMILES string of the molecule is O=Cc1cc(Cl)ccc1Sc1ccc(F)c(F)c1. The summed E-state index contributed by atoms with van der Waals surface area (Å²) in [5.74, 6) is -1.81. The van der Waals surface area contributed by atoms with Gasteiger partial charge in [-0.05, 0) is 36.4 Å². The molecule has 92 valence electrons. The Bertz CT molecular complexity index is 602. The largest absolute Gasteiger partial charge is 0.298 e. The average Bonchev–Trinajstić information content (AvgIpc) is 2.36. The third-order valence-electron chi connectivity index (χ3n) is 2.22. The molecule has 0 saturated heterocycles. The van der Waals surface area contributed by atoms with Crippen LogP contribution in [0.1, 0.15) is 10.4 Å². The molecule has 1 nitrogen and oxygen atoms in total. The Hall–Kier alpha value is -1.39.